The van der Waals surface area contributed by atoms with E-state index in [-0.39, 0.29) is 12.5 Å². The van der Waals surface area contributed by atoms with Crippen molar-refractivity contribution in [3.8, 4) is 6.07 Å². The Morgan fingerprint density at radius 2 is 1.50 bits per heavy atom. The smallest absolute Gasteiger partial charge is 0.239 e. The minimum atomic E-state index is -0.0671. The summed E-state index contributed by atoms with van der Waals surface area (Å²) < 4.78 is 0. The molecule has 0 aliphatic heterocycles. The average molecular weight is 444 g/mol. The number of hydrogen-bond donors (Lipinski definition) is 1. The first-order valence-electron chi connectivity index (χ1n) is 11.4. The van der Waals surface area contributed by atoms with E-state index in [0.717, 1.165) is 36.2 Å². The minimum Gasteiger partial charge on any atom is -0.315 e. The van der Waals surface area contributed by atoms with Crippen LogP contribution >= 0.6 is 11.3 Å². The molecule has 2 aromatic carbocycles. The van der Waals surface area contributed by atoms with Gasteiger partial charge in [0.1, 0.15) is 11.1 Å². The molecule has 1 aliphatic carbocycles. The number of benzene rings is 2. The van der Waals surface area contributed by atoms with E-state index in [0.29, 0.717) is 18.7 Å². The van der Waals surface area contributed by atoms with Crippen molar-refractivity contribution in [1.82, 2.24) is 4.90 Å². The molecule has 1 heterocycles. The number of thiophene rings is 1. The highest BCUT2D eigenvalue weighted by Crippen LogP contribution is 2.36. The Morgan fingerprint density at radius 3 is 2.09 bits per heavy atom. The zero-order chi connectivity index (χ0) is 22.2. The number of nitriles is 1. The monoisotopic (exact) mass is 443 g/mol. The van der Waals surface area contributed by atoms with Crippen LogP contribution in [0.2, 0.25) is 0 Å². The van der Waals surface area contributed by atoms with Gasteiger partial charge in [-0.05, 0) is 42.4 Å². The Balaban J connectivity index is 1.49. The van der Waals surface area contributed by atoms with Gasteiger partial charge in [-0.1, -0.05) is 73.5 Å². The summed E-state index contributed by atoms with van der Waals surface area (Å²) in [6.45, 7) is 1.65. The van der Waals surface area contributed by atoms with E-state index in [1.165, 1.54) is 28.8 Å². The molecule has 0 unspecified atom stereocenters. The molecule has 0 saturated carbocycles. The van der Waals surface area contributed by atoms with Crippen molar-refractivity contribution in [2.45, 2.75) is 51.6 Å². The van der Waals surface area contributed by atoms with E-state index < -0.39 is 0 Å². The van der Waals surface area contributed by atoms with Crippen molar-refractivity contribution in [3.63, 3.8) is 0 Å². The van der Waals surface area contributed by atoms with Crippen LogP contribution in [0.4, 0.5) is 5.00 Å². The number of nitrogens with one attached hydrogen (secondary N) is 1. The second kappa shape index (κ2) is 11.1. The summed E-state index contributed by atoms with van der Waals surface area (Å²) >= 11 is 1.60. The molecule has 1 aromatic heterocycles. The van der Waals surface area contributed by atoms with Crippen LogP contribution in [0.5, 0.6) is 0 Å². The number of carbonyl (C=O) groups excluding carboxylic acids is 1. The molecule has 1 N–H and O–H groups in total. The Morgan fingerprint density at radius 1 is 0.906 bits per heavy atom. The Labute approximate surface area is 194 Å². The van der Waals surface area contributed by atoms with Crippen LogP contribution in [0.3, 0.4) is 0 Å². The Hall–Kier alpha value is -2.94. The molecule has 32 heavy (non-hydrogen) atoms. The highest BCUT2D eigenvalue weighted by molar-refractivity contribution is 7.16. The van der Waals surface area contributed by atoms with E-state index in [1.807, 2.05) is 36.4 Å². The molecule has 0 fully saturated rings. The van der Waals surface area contributed by atoms with Gasteiger partial charge in [-0.3, -0.25) is 9.69 Å². The standard InChI is InChI=1S/C27H29N3OS/c28-17-24-23-15-9-1-2-10-16-25(23)32-27(24)29-26(31)20-30(18-21-11-5-3-6-12-21)19-22-13-7-4-8-14-22/h3-8,11-14H,1-2,9-10,15-16,18-20H2,(H,29,31). The van der Waals surface area contributed by atoms with E-state index in [1.54, 1.807) is 11.3 Å². The lowest BCUT2D eigenvalue weighted by Gasteiger charge is -2.22. The van der Waals surface area contributed by atoms with Gasteiger partial charge in [-0.15, -0.1) is 11.3 Å². The van der Waals surface area contributed by atoms with Gasteiger partial charge in [0, 0.05) is 18.0 Å². The fraction of sp³-hybridized carbons (Fsp3) is 0.333. The third-order valence-electron chi connectivity index (χ3n) is 5.90. The van der Waals surface area contributed by atoms with Crippen molar-refractivity contribution in [1.29, 1.82) is 5.26 Å². The molecule has 164 valence electrons. The summed E-state index contributed by atoms with van der Waals surface area (Å²) in [6.07, 6.45) is 6.70. The van der Waals surface area contributed by atoms with Crippen LogP contribution in [0, 0.1) is 11.3 Å². The lowest BCUT2D eigenvalue weighted by atomic mass is 9.97. The molecule has 0 saturated heterocycles. The zero-order valence-corrected chi connectivity index (χ0v) is 19.2. The maximum Gasteiger partial charge on any atom is 0.239 e. The molecule has 5 heteroatoms. The van der Waals surface area contributed by atoms with Crippen molar-refractivity contribution in [2.75, 3.05) is 11.9 Å². The normalized spacial score (nSPS) is 13.6. The molecule has 3 aromatic rings. The van der Waals surface area contributed by atoms with Crippen molar-refractivity contribution in [3.05, 3.63) is 87.8 Å². The summed E-state index contributed by atoms with van der Waals surface area (Å²) in [5, 5.41) is 13.6. The van der Waals surface area contributed by atoms with Gasteiger partial charge in [0.05, 0.1) is 12.1 Å². The molecule has 1 aliphatic rings. The van der Waals surface area contributed by atoms with Crippen LogP contribution in [0.25, 0.3) is 0 Å². The summed E-state index contributed by atoms with van der Waals surface area (Å²) in [5.74, 6) is -0.0671. The number of anilines is 1. The molecule has 0 radical (unpaired) electrons. The number of fused-ring (bicyclic) bond motifs is 1. The van der Waals surface area contributed by atoms with E-state index in [9.17, 15) is 10.1 Å². The summed E-state index contributed by atoms with van der Waals surface area (Å²) in [6, 6.07) is 22.8. The number of rotatable bonds is 7. The fourth-order valence-corrected chi connectivity index (χ4v) is 5.60. The van der Waals surface area contributed by atoms with Gasteiger partial charge in [-0.2, -0.15) is 5.26 Å². The Bertz CT molecular complexity index is 1030. The maximum absolute atomic E-state index is 13.1. The third kappa shape index (κ3) is 5.85. The zero-order valence-electron chi connectivity index (χ0n) is 18.3. The number of aryl methyl sites for hydroxylation is 1. The molecule has 0 spiro atoms. The highest BCUT2D eigenvalue weighted by atomic mass is 32.1. The molecule has 0 atom stereocenters. The summed E-state index contributed by atoms with van der Waals surface area (Å²) in [5.41, 5.74) is 4.19. The van der Waals surface area contributed by atoms with Crippen molar-refractivity contribution >= 4 is 22.2 Å². The van der Waals surface area contributed by atoms with Crippen molar-refractivity contribution in [2.24, 2.45) is 0 Å². The molecule has 1 amide bonds. The lowest BCUT2D eigenvalue weighted by molar-refractivity contribution is -0.117. The van der Waals surface area contributed by atoms with Gasteiger partial charge in [0.2, 0.25) is 5.91 Å². The molecular weight excluding hydrogens is 414 g/mol. The quantitative estimate of drug-likeness (QED) is 0.493. The largest absolute Gasteiger partial charge is 0.315 e. The predicted molar refractivity (Wildman–Crippen MR) is 131 cm³/mol. The first kappa shape index (κ1) is 22.3. The van der Waals surface area contributed by atoms with Gasteiger partial charge >= 0.3 is 0 Å². The summed E-state index contributed by atoms with van der Waals surface area (Å²) in [4.78, 5) is 16.5. The molecule has 4 rings (SSSR count). The average Bonchev–Trinajstić information content (AvgIpc) is 3.10. The van der Waals surface area contributed by atoms with Crippen molar-refractivity contribution < 1.29 is 4.79 Å². The first-order chi connectivity index (χ1) is 15.7. The van der Waals surface area contributed by atoms with Crippen LogP contribution < -0.4 is 5.32 Å². The summed E-state index contributed by atoms with van der Waals surface area (Å²) in [7, 11) is 0. The maximum atomic E-state index is 13.1. The van der Waals surface area contributed by atoms with E-state index in [2.05, 4.69) is 40.6 Å². The van der Waals surface area contributed by atoms with Gasteiger partial charge in [0.15, 0.2) is 0 Å². The van der Waals surface area contributed by atoms with E-state index in [4.69, 9.17) is 0 Å². The van der Waals surface area contributed by atoms with Crippen LogP contribution in [0.1, 0.15) is 52.8 Å². The highest BCUT2D eigenvalue weighted by Gasteiger charge is 2.21. The Kier molecular flexibility index (Phi) is 7.71. The second-order valence-corrected chi connectivity index (χ2v) is 9.50. The number of amides is 1. The SMILES string of the molecule is N#Cc1c(NC(=O)CN(Cc2ccccc2)Cc2ccccc2)sc2c1CCCCCC2. The molecule has 4 nitrogen and oxygen atoms in total. The minimum absolute atomic E-state index is 0.0671. The fourth-order valence-electron chi connectivity index (χ4n) is 4.35. The number of nitrogens with zero attached hydrogens (tertiary/aromatic N) is 2. The lowest BCUT2D eigenvalue weighted by Crippen LogP contribution is -2.32. The predicted octanol–water partition coefficient (Wildman–Crippen LogP) is 5.92. The van der Waals surface area contributed by atoms with Crippen LogP contribution in [-0.2, 0) is 30.7 Å². The van der Waals surface area contributed by atoms with Gasteiger partial charge in [-0.25, -0.2) is 0 Å². The topological polar surface area (TPSA) is 56.1 Å². The number of carbonyl (C=O) groups is 1. The van der Waals surface area contributed by atoms with Gasteiger partial charge < -0.3 is 5.32 Å². The molecular formula is C27H29N3OS. The first-order valence-corrected chi connectivity index (χ1v) is 12.2. The van der Waals surface area contributed by atoms with Crippen LogP contribution in [0.15, 0.2) is 60.7 Å². The van der Waals surface area contributed by atoms with Crippen LogP contribution in [-0.4, -0.2) is 17.4 Å². The molecule has 0 bridgehead atoms. The number of hydrogen-bond acceptors (Lipinski definition) is 4. The van der Waals surface area contributed by atoms with E-state index >= 15 is 0 Å². The third-order valence-corrected chi connectivity index (χ3v) is 7.11. The van der Waals surface area contributed by atoms with Gasteiger partial charge in [0.25, 0.3) is 0 Å². The second-order valence-electron chi connectivity index (χ2n) is 8.40.